The fourth-order valence-corrected chi connectivity index (χ4v) is 25.4. The van der Waals surface area contributed by atoms with Crippen LogP contribution in [0.3, 0.4) is 0 Å². The highest BCUT2D eigenvalue weighted by atomic mass is 79.9. The molecule has 0 N–H and O–H groups in total. The summed E-state index contributed by atoms with van der Waals surface area (Å²) >= 11 is 10.1. The van der Waals surface area contributed by atoms with Crippen molar-refractivity contribution in [2.45, 2.75) is 128 Å². The molecule has 0 atom stereocenters. The molecule has 0 amide bonds. The third-order valence-electron chi connectivity index (χ3n) is 10.6. The summed E-state index contributed by atoms with van der Waals surface area (Å²) in [5.41, 5.74) is 9.62. The minimum Gasteiger partial charge on any atom is -0.372 e. The second-order valence-corrected chi connectivity index (χ2v) is 28.6. The Labute approximate surface area is 285 Å². The Kier molecular flexibility index (Phi) is 11.1. The van der Waals surface area contributed by atoms with Gasteiger partial charge in [0.05, 0.1) is 0 Å². The fourth-order valence-electron chi connectivity index (χ4n) is 9.44. The predicted octanol–water partition coefficient (Wildman–Crippen LogP) is 13.6. The summed E-state index contributed by atoms with van der Waals surface area (Å²) in [6.07, 6.45) is 4.86. The number of aromatic nitrogens is 2. The Balaban J connectivity index is 1.72. The summed E-state index contributed by atoms with van der Waals surface area (Å²) < 4.78 is 7.99. The van der Waals surface area contributed by atoms with Gasteiger partial charge < -0.3 is 8.47 Å². The van der Waals surface area contributed by atoms with Gasteiger partial charge in [-0.3, -0.25) is 0 Å². The zero-order chi connectivity index (χ0) is 32.0. The maximum atomic E-state index is 4.03. The molecule has 2 nitrogen and oxygen atoms in total. The zero-order valence-electron chi connectivity index (χ0n) is 28.6. The zero-order valence-corrected chi connectivity index (χ0v) is 34.5. The monoisotopic (exact) mass is 760 g/mol. The number of rotatable bonds is 12. The van der Waals surface area contributed by atoms with Crippen LogP contribution in [0.25, 0.3) is 21.8 Å². The van der Waals surface area contributed by atoms with E-state index in [0.29, 0.717) is 33.2 Å². The molecule has 0 fully saturated rings. The van der Waals surface area contributed by atoms with Crippen molar-refractivity contribution in [2.24, 2.45) is 0 Å². The molecule has 2 heterocycles. The summed E-state index contributed by atoms with van der Waals surface area (Å²) in [5, 5.41) is 2.81. The van der Waals surface area contributed by atoms with Crippen LogP contribution in [0, 0.1) is 0 Å². The van der Waals surface area contributed by atoms with Crippen molar-refractivity contribution < 1.29 is 0 Å². The molecule has 0 spiro atoms. The largest absolute Gasteiger partial charge is 0.372 e. The van der Waals surface area contributed by atoms with E-state index in [1.807, 2.05) is 11.8 Å². The van der Waals surface area contributed by atoms with Crippen LogP contribution >= 0.6 is 43.6 Å². The fraction of sp³-hybridized carbons (Fsp3) is 0.556. The molecule has 0 unspecified atom stereocenters. The second-order valence-electron chi connectivity index (χ2n) is 14.5. The molecule has 4 aromatic rings. The minimum absolute atomic E-state index is 0.656. The SMILES string of the molecule is CC(C)[Si](C(C)C)(C(C)C)n1cc(Br)c2c(CSCc3cccc4c3c(Br)cn4[Si](C(C)C)(C(C)C)C(C)C)cccc21. The van der Waals surface area contributed by atoms with Gasteiger partial charge in [-0.2, -0.15) is 11.8 Å². The van der Waals surface area contributed by atoms with E-state index in [2.05, 4.69) is 172 Å². The molecule has 0 radical (unpaired) electrons. The quantitative estimate of drug-likeness (QED) is 0.131. The predicted molar refractivity (Wildman–Crippen MR) is 207 cm³/mol. The van der Waals surface area contributed by atoms with Crippen LogP contribution in [-0.4, -0.2) is 24.9 Å². The summed E-state index contributed by atoms with van der Waals surface area (Å²) in [6, 6.07) is 14.0. The molecule has 0 saturated heterocycles. The lowest BCUT2D eigenvalue weighted by Crippen LogP contribution is -2.51. The maximum absolute atomic E-state index is 4.03. The van der Waals surface area contributed by atoms with Gasteiger partial charge in [0.2, 0.25) is 0 Å². The number of nitrogens with zero attached hydrogens (tertiary/aromatic N) is 2. The Hall–Kier alpha value is -0.736. The first-order chi connectivity index (χ1) is 20.1. The summed E-state index contributed by atoms with van der Waals surface area (Å²) in [7, 11) is -3.71. The molecule has 4 rings (SSSR count). The van der Waals surface area contributed by atoms with E-state index in [1.165, 1.54) is 41.9 Å². The molecule has 2 aromatic carbocycles. The van der Waals surface area contributed by atoms with Gasteiger partial charge in [-0.15, -0.1) is 0 Å². The molecule has 0 bridgehead atoms. The molecule has 0 aliphatic rings. The number of hydrogen-bond donors (Lipinski definition) is 0. The molecule has 0 aliphatic heterocycles. The van der Waals surface area contributed by atoms with Crippen molar-refractivity contribution in [3.05, 3.63) is 68.9 Å². The lowest BCUT2D eigenvalue weighted by Gasteiger charge is -2.44. The maximum Gasteiger partial charge on any atom is 0.169 e. The Morgan fingerprint density at radius 1 is 0.535 bits per heavy atom. The number of hydrogen-bond acceptors (Lipinski definition) is 1. The van der Waals surface area contributed by atoms with Gasteiger partial charge in [0.15, 0.2) is 16.5 Å². The van der Waals surface area contributed by atoms with Crippen molar-refractivity contribution in [3.63, 3.8) is 0 Å². The third kappa shape index (κ3) is 5.74. The standard InChI is InChI=1S/C36H54Br2N2SSi2/c1-23(2)42(24(3)4,25(5)6)39-19-31(37)35-29(15-13-17-33(35)39)21-41-22-30-16-14-18-34-36(30)32(38)20-40(34)43(26(7)8,27(9)10)28(11)12/h13-20,23-28H,21-22H2,1-12H3. The Morgan fingerprint density at radius 2 is 0.837 bits per heavy atom. The molecule has 236 valence electrons. The Bertz CT molecular complexity index is 1400. The van der Waals surface area contributed by atoms with Crippen molar-refractivity contribution in [3.8, 4) is 0 Å². The van der Waals surface area contributed by atoms with Crippen LogP contribution < -0.4 is 0 Å². The summed E-state index contributed by atoms with van der Waals surface area (Å²) in [4.78, 5) is 0. The van der Waals surface area contributed by atoms with Crippen molar-refractivity contribution >= 4 is 81.9 Å². The molecule has 2 aromatic heterocycles. The highest BCUT2D eigenvalue weighted by Crippen LogP contribution is 2.48. The number of fused-ring (bicyclic) bond motifs is 2. The van der Waals surface area contributed by atoms with Gasteiger partial charge in [0.1, 0.15) is 0 Å². The number of thioether (sulfide) groups is 1. The first kappa shape index (κ1) is 35.1. The molecule has 0 saturated carbocycles. The topological polar surface area (TPSA) is 9.86 Å². The van der Waals surface area contributed by atoms with Crippen molar-refractivity contribution in [1.29, 1.82) is 0 Å². The van der Waals surface area contributed by atoms with Gasteiger partial charge in [-0.05, 0) is 88.4 Å². The van der Waals surface area contributed by atoms with Gasteiger partial charge in [-0.1, -0.05) is 107 Å². The third-order valence-corrected chi connectivity index (χ3v) is 26.4. The van der Waals surface area contributed by atoms with Crippen molar-refractivity contribution in [2.75, 3.05) is 0 Å². The normalized spacial score (nSPS) is 13.5. The van der Waals surface area contributed by atoms with E-state index in [4.69, 9.17) is 0 Å². The number of benzene rings is 2. The smallest absolute Gasteiger partial charge is 0.169 e. The van der Waals surface area contributed by atoms with Crippen LogP contribution in [0.4, 0.5) is 0 Å². The van der Waals surface area contributed by atoms with Gasteiger partial charge in [0, 0.05) is 54.7 Å². The van der Waals surface area contributed by atoms with Crippen LogP contribution in [0.15, 0.2) is 57.7 Å². The molecule has 7 heteroatoms. The summed E-state index contributed by atoms with van der Waals surface area (Å²) in [6.45, 7) is 29.4. The van der Waals surface area contributed by atoms with E-state index in [9.17, 15) is 0 Å². The van der Waals surface area contributed by atoms with E-state index < -0.39 is 16.5 Å². The average Bonchev–Trinajstić information content (AvgIpc) is 3.42. The van der Waals surface area contributed by atoms with Gasteiger partial charge >= 0.3 is 0 Å². The molecule has 0 aliphatic carbocycles. The Morgan fingerprint density at radius 3 is 1.12 bits per heavy atom. The van der Waals surface area contributed by atoms with E-state index in [0.717, 1.165) is 11.5 Å². The highest BCUT2D eigenvalue weighted by Gasteiger charge is 2.47. The van der Waals surface area contributed by atoms with Crippen molar-refractivity contribution in [1.82, 2.24) is 8.47 Å². The minimum atomic E-state index is -1.85. The second kappa shape index (κ2) is 13.5. The van der Waals surface area contributed by atoms with Gasteiger partial charge in [0.25, 0.3) is 0 Å². The van der Waals surface area contributed by atoms with Crippen LogP contribution in [-0.2, 0) is 11.5 Å². The van der Waals surface area contributed by atoms with Crippen LogP contribution in [0.5, 0.6) is 0 Å². The van der Waals surface area contributed by atoms with Crippen LogP contribution in [0.1, 0.15) is 94.2 Å². The van der Waals surface area contributed by atoms with E-state index in [1.54, 1.807) is 0 Å². The first-order valence-corrected chi connectivity index (χ1v) is 23.4. The lowest BCUT2D eigenvalue weighted by atomic mass is 10.1. The summed E-state index contributed by atoms with van der Waals surface area (Å²) in [5.74, 6) is 1.99. The van der Waals surface area contributed by atoms with E-state index >= 15 is 0 Å². The van der Waals surface area contributed by atoms with E-state index in [-0.39, 0.29) is 0 Å². The highest BCUT2D eigenvalue weighted by molar-refractivity contribution is 9.11. The first-order valence-electron chi connectivity index (χ1n) is 16.3. The van der Waals surface area contributed by atoms with Crippen LogP contribution in [0.2, 0.25) is 33.2 Å². The molecular formula is C36H54Br2N2SSi2. The van der Waals surface area contributed by atoms with Gasteiger partial charge in [-0.25, -0.2) is 0 Å². The molecular weight excluding hydrogens is 708 g/mol. The number of halogens is 2. The average molecular weight is 763 g/mol. The lowest BCUT2D eigenvalue weighted by molar-refractivity contribution is 0.772. The molecule has 43 heavy (non-hydrogen) atoms.